The van der Waals surface area contributed by atoms with E-state index in [1.165, 1.54) is 10.8 Å². The maximum Gasteiger partial charge on any atom is 0.334 e. The summed E-state index contributed by atoms with van der Waals surface area (Å²) in [7, 11) is 3.09. The van der Waals surface area contributed by atoms with E-state index in [0.717, 1.165) is 5.75 Å². The van der Waals surface area contributed by atoms with Gasteiger partial charge >= 0.3 is 5.97 Å². The third-order valence-electron chi connectivity index (χ3n) is 1.87. The molecule has 2 amide bonds. The molecule has 0 bridgehead atoms. The van der Waals surface area contributed by atoms with E-state index in [4.69, 9.17) is 10.6 Å². The van der Waals surface area contributed by atoms with E-state index in [1.807, 2.05) is 0 Å². The first kappa shape index (κ1) is 14.3. The van der Waals surface area contributed by atoms with Crippen LogP contribution in [0.4, 0.5) is 0 Å². The van der Waals surface area contributed by atoms with Gasteiger partial charge in [0.15, 0.2) is 0 Å². The third-order valence-corrected chi connectivity index (χ3v) is 4.31. The van der Waals surface area contributed by atoms with Crippen molar-refractivity contribution in [2.45, 2.75) is 19.3 Å². The minimum atomic E-state index is -0.561. The maximum atomic E-state index is 11.3. The average Bonchev–Trinajstić information content (AvgIpc) is 2.60. The van der Waals surface area contributed by atoms with Gasteiger partial charge in [-0.2, -0.15) is 0 Å². The fourth-order valence-corrected chi connectivity index (χ4v) is 2.92. The van der Waals surface area contributed by atoms with E-state index in [0.29, 0.717) is 17.4 Å². The van der Waals surface area contributed by atoms with E-state index in [-0.39, 0.29) is 19.3 Å². The number of imide groups is 1. The predicted octanol–water partition coefficient (Wildman–Crippen LogP) is 0.324. The summed E-state index contributed by atoms with van der Waals surface area (Å²) in [4.78, 5) is 38.3. The molecule has 1 aliphatic rings. The highest BCUT2D eigenvalue weighted by atomic mass is 33.1. The summed E-state index contributed by atoms with van der Waals surface area (Å²) in [5.41, 5.74) is 5.30. The maximum absolute atomic E-state index is 11.3. The lowest BCUT2D eigenvalue weighted by Crippen LogP contribution is -2.32. The molecule has 1 saturated heterocycles. The molecule has 0 aliphatic carbocycles. The Bertz CT molecular complexity index is 295. The number of carbonyl (C=O) groups is 3. The summed E-state index contributed by atoms with van der Waals surface area (Å²) in [6.07, 6.45) is 0.403. The van der Waals surface area contributed by atoms with Crippen LogP contribution in [0.1, 0.15) is 19.3 Å². The monoisotopic (exact) mass is 278 g/mol. The van der Waals surface area contributed by atoms with E-state index in [9.17, 15) is 14.4 Å². The summed E-state index contributed by atoms with van der Waals surface area (Å²) in [6.45, 7) is 0.596. The minimum absolute atomic E-state index is 0.118. The number of rotatable bonds is 7. The van der Waals surface area contributed by atoms with Crippen LogP contribution in [-0.2, 0) is 19.2 Å². The molecule has 6 nitrogen and oxygen atoms in total. The van der Waals surface area contributed by atoms with Crippen LogP contribution in [0, 0.1) is 0 Å². The second kappa shape index (κ2) is 7.57. The van der Waals surface area contributed by atoms with Crippen LogP contribution in [0.2, 0.25) is 0 Å². The van der Waals surface area contributed by atoms with Crippen molar-refractivity contribution in [1.82, 2.24) is 5.06 Å². The van der Waals surface area contributed by atoms with Crippen molar-refractivity contribution in [3.05, 3.63) is 0 Å². The van der Waals surface area contributed by atoms with Crippen LogP contribution < -0.4 is 5.73 Å². The van der Waals surface area contributed by atoms with Crippen molar-refractivity contribution in [2.75, 3.05) is 18.1 Å². The normalized spacial score (nSPS) is 15.5. The van der Waals surface area contributed by atoms with Gasteiger partial charge in [0.2, 0.25) is 0 Å². The first-order valence-corrected chi connectivity index (χ1v) is 7.65. The molecule has 1 heterocycles. The van der Waals surface area contributed by atoms with Gasteiger partial charge in [-0.15, -0.1) is 5.06 Å². The van der Waals surface area contributed by atoms with Crippen molar-refractivity contribution < 1.29 is 19.2 Å². The molecule has 96 valence electrons. The molecular formula is C9H14N2O4S2. The Morgan fingerprint density at radius 3 is 2.41 bits per heavy atom. The number of amides is 2. The Morgan fingerprint density at radius 2 is 1.82 bits per heavy atom. The summed E-state index contributed by atoms with van der Waals surface area (Å²) in [6, 6.07) is 0. The molecule has 0 unspecified atom stereocenters. The van der Waals surface area contributed by atoms with E-state index in [1.54, 1.807) is 10.8 Å². The lowest BCUT2D eigenvalue weighted by molar-refractivity contribution is -0.197. The standard InChI is InChI=1S/C9H14N2O4S2/c10-4-6-17-16-5-3-9(14)15-11-7(12)1-2-8(11)13/h1-6,10H2. The van der Waals surface area contributed by atoms with Crippen molar-refractivity contribution in [3.63, 3.8) is 0 Å². The summed E-state index contributed by atoms with van der Waals surface area (Å²) in [5.74, 6) is -0.0702. The highest BCUT2D eigenvalue weighted by Crippen LogP contribution is 2.21. The van der Waals surface area contributed by atoms with E-state index < -0.39 is 17.8 Å². The summed E-state index contributed by atoms with van der Waals surface area (Å²) < 4.78 is 0. The van der Waals surface area contributed by atoms with Gasteiger partial charge in [-0.05, 0) is 0 Å². The lowest BCUT2D eigenvalue weighted by Gasteiger charge is -2.12. The number of hydrogen-bond donors (Lipinski definition) is 1. The number of carbonyl (C=O) groups excluding carboxylic acids is 3. The molecular weight excluding hydrogens is 264 g/mol. The van der Waals surface area contributed by atoms with Gasteiger partial charge in [0.1, 0.15) is 0 Å². The number of hydrogen-bond acceptors (Lipinski definition) is 7. The fraction of sp³-hybridized carbons (Fsp3) is 0.667. The molecule has 2 N–H and O–H groups in total. The predicted molar refractivity (Wildman–Crippen MR) is 65.8 cm³/mol. The van der Waals surface area contributed by atoms with Gasteiger partial charge in [-0.1, -0.05) is 21.6 Å². The van der Waals surface area contributed by atoms with E-state index >= 15 is 0 Å². The molecule has 0 aromatic rings. The second-order valence-corrected chi connectivity index (χ2v) is 5.93. The molecule has 17 heavy (non-hydrogen) atoms. The molecule has 0 radical (unpaired) electrons. The van der Waals surface area contributed by atoms with Gasteiger partial charge < -0.3 is 10.6 Å². The second-order valence-electron chi connectivity index (χ2n) is 3.23. The van der Waals surface area contributed by atoms with Gasteiger partial charge in [0.05, 0.1) is 6.42 Å². The molecule has 0 aromatic carbocycles. The SMILES string of the molecule is NCCSSCCC(=O)ON1C(=O)CCC1=O. The van der Waals surface area contributed by atoms with Crippen molar-refractivity contribution in [2.24, 2.45) is 5.73 Å². The molecule has 0 atom stereocenters. The summed E-state index contributed by atoms with van der Waals surface area (Å²) >= 11 is 0. The summed E-state index contributed by atoms with van der Waals surface area (Å²) in [5, 5.41) is 0.569. The van der Waals surface area contributed by atoms with Crippen molar-refractivity contribution in [3.8, 4) is 0 Å². The Balaban J connectivity index is 2.16. The minimum Gasteiger partial charge on any atom is -0.330 e. The van der Waals surface area contributed by atoms with Gasteiger partial charge in [-0.3, -0.25) is 9.59 Å². The van der Waals surface area contributed by atoms with Crippen LogP contribution in [0.15, 0.2) is 0 Å². The highest BCUT2D eigenvalue weighted by molar-refractivity contribution is 8.76. The number of hydroxylamine groups is 2. The zero-order valence-electron chi connectivity index (χ0n) is 9.22. The molecule has 1 aliphatic heterocycles. The largest absolute Gasteiger partial charge is 0.334 e. The third kappa shape index (κ3) is 4.97. The Kier molecular flexibility index (Phi) is 6.38. The van der Waals surface area contributed by atoms with Gasteiger partial charge in [0.25, 0.3) is 11.8 Å². The van der Waals surface area contributed by atoms with Crippen LogP contribution >= 0.6 is 21.6 Å². The molecule has 1 fully saturated rings. The van der Waals surface area contributed by atoms with Gasteiger partial charge in [-0.25, -0.2) is 4.79 Å². The molecule has 1 rings (SSSR count). The van der Waals surface area contributed by atoms with Crippen LogP contribution in [0.3, 0.4) is 0 Å². The molecule has 0 saturated carbocycles. The smallest absolute Gasteiger partial charge is 0.330 e. The topological polar surface area (TPSA) is 89.7 Å². The van der Waals surface area contributed by atoms with Gasteiger partial charge in [0, 0.05) is 30.9 Å². The van der Waals surface area contributed by atoms with Crippen LogP contribution in [-0.4, -0.2) is 40.9 Å². The average molecular weight is 278 g/mol. The number of nitrogens with two attached hydrogens (primary N) is 1. The first-order valence-electron chi connectivity index (χ1n) is 5.16. The quantitative estimate of drug-likeness (QED) is 0.407. The van der Waals surface area contributed by atoms with Crippen molar-refractivity contribution >= 4 is 39.4 Å². The Labute approximate surface area is 107 Å². The molecule has 0 aromatic heterocycles. The van der Waals surface area contributed by atoms with Crippen LogP contribution in [0.5, 0.6) is 0 Å². The molecule has 0 spiro atoms. The Morgan fingerprint density at radius 1 is 1.24 bits per heavy atom. The highest BCUT2D eigenvalue weighted by Gasteiger charge is 2.32. The number of nitrogens with zero attached hydrogens (tertiary/aromatic N) is 1. The Hall–Kier alpha value is -0.730. The van der Waals surface area contributed by atoms with Crippen LogP contribution in [0.25, 0.3) is 0 Å². The van der Waals surface area contributed by atoms with E-state index in [2.05, 4.69) is 0 Å². The zero-order chi connectivity index (χ0) is 12.7. The lowest BCUT2D eigenvalue weighted by atomic mass is 10.4. The fourth-order valence-electron chi connectivity index (χ4n) is 1.10. The zero-order valence-corrected chi connectivity index (χ0v) is 10.8. The molecule has 8 heteroatoms. The first-order chi connectivity index (χ1) is 8.15. The van der Waals surface area contributed by atoms with Crippen molar-refractivity contribution in [1.29, 1.82) is 0 Å².